The molecule has 3 amide bonds. The lowest BCUT2D eigenvalue weighted by molar-refractivity contribution is -0.120. The Kier molecular flexibility index (Phi) is 6.67. The van der Waals surface area contributed by atoms with Crippen LogP contribution in [0.5, 0.6) is 0 Å². The van der Waals surface area contributed by atoms with Gasteiger partial charge in [-0.05, 0) is 19.3 Å². The monoisotopic (exact) mass is 257 g/mol. The number of nitrogens with zero attached hydrogens (tertiary/aromatic N) is 1. The molecule has 0 heterocycles. The molecule has 1 rings (SSSR count). The highest BCUT2D eigenvalue weighted by Crippen LogP contribution is 2.24. The Bertz CT molecular complexity index is 280. The fraction of sp³-hybridized carbons (Fsp3) is 0.833. The number of aliphatic hydroxyl groups excluding tert-OH is 1. The molecule has 6 heteroatoms. The summed E-state index contributed by atoms with van der Waals surface area (Å²) < 4.78 is 0. The van der Waals surface area contributed by atoms with Crippen LogP contribution in [0, 0.1) is 0 Å². The Morgan fingerprint density at radius 1 is 1.33 bits per heavy atom. The molecule has 1 fully saturated rings. The van der Waals surface area contributed by atoms with E-state index in [1.165, 1.54) is 26.3 Å². The Labute approximate surface area is 108 Å². The zero-order valence-corrected chi connectivity index (χ0v) is 10.9. The quantitative estimate of drug-likeness (QED) is 0.603. The number of imide groups is 1. The molecule has 0 aliphatic heterocycles. The number of nitrogens with one attached hydrogen (secondary N) is 2. The van der Waals surface area contributed by atoms with Crippen molar-refractivity contribution >= 4 is 11.9 Å². The van der Waals surface area contributed by atoms with Gasteiger partial charge in [0.2, 0.25) is 5.91 Å². The van der Waals surface area contributed by atoms with Gasteiger partial charge in [0.1, 0.15) is 0 Å². The number of aliphatic hydroxyl groups is 1. The molecule has 104 valence electrons. The molecular formula is C12H23N3O3. The van der Waals surface area contributed by atoms with E-state index >= 15 is 0 Å². The van der Waals surface area contributed by atoms with Gasteiger partial charge in [-0.2, -0.15) is 0 Å². The molecule has 0 spiro atoms. The molecule has 0 bridgehead atoms. The van der Waals surface area contributed by atoms with Gasteiger partial charge >= 0.3 is 6.03 Å². The largest absolute Gasteiger partial charge is 0.396 e. The molecule has 0 atom stereocenters. The molecule has 0 saturated heterocycles. The number of carbonyl (C=O) groups excluding carboxylic acids is 2. The lowest BCUT2D eigenvalue weighted by Gasteiger charge is -2.37. The number of carbonyl (C=O) groups is 2. The van der Waals surface area contributed by atoms with Crippen molar-refractivity contribution in [3.05, 3.63) is 0 Å². The summed E-state index contributed by atoms with van der Waals surface area (Å²) in [6, 6.07) is 0.0786. The lowest BCUT2D eigenvalue weighted by atomic mass is 9.91. The van der Waals surface area contributed by atoms with Crippen molar-refractivity contribution in [3.8, 4) is 0 Å². The highest BCUT2D eigenvalue weighted by molar-refractivity contribution is 5.94. The van der Waals surface area contributed by atoms with Crippen LogP contribution in [0.25, 0.3) is 0 Å². The molecule has 0 radical (unpaired) electrons. The van der Waals surface area contributed by atoms with Crippen molar-refractivity contribution in [2.45, 2.75) is 38.1 Å². The first-order chi connectivity index (χ1) is 8.67. The van der Waals surface area contributed by atoms with Gasteiger partial charge in [-0.15, -0.1) is 0 Å². The predicted octanol–water partition coefficient (Wildman–Crippen LogP) is 0.0690. The average molecular weight is 257 g/mol. The summed E-state index contributed by atoms with van der Waals surface area (Å²) in [5.74, 6) is -0.261. The molecule has 1 saturated carbocycles. The maximum absolute atomic E-state index is 11.5. The van der Waals surface area contributed by atoms with Crippen molar-refractivity contribution in [1.82, 2.24) is 15.5 Å². The first kappa shape index (κ1) is 14.9. The number of amides is 3. The molecule has 0 unspecified atom stereocenters. The van der Waals surface area contributed by atoms with Crippen LogP contribution >= 0.6 is 0 Å². The van der Waals surface area contributed by atoms with Crippen LogP contribution in [-0.2, 0) is 4.79 Å². The maximum atomic E-state index is 11.5. The van der Waals surface area contributed by atoms with Gasteiger partial charge in [-0.25, -0.2) is 4.79 Å². The van der Waals surface area contributed by atoms with Crippen molar-refractivity contribution in [2.75, 3.05) is 26.7 Å². The fourth-order valence-electron chi connectivity index (χ4n) is 2.00. The standard InChI is InChI=1S/C12H23N3O3/c1-13-12(18)14-11(17)6-8-15(7-3-9-16)10-4-2-5-10/h10,16H,2-9H2,1H3,(H2,13,14,17,18). The van der Waals surface area contributed by atoms with E-state index in [9.17, 15) is 9.59 Å². The topological polar surface area (TPSA) is 81.7 Å². The number of hydrogen-bond acceptors (Lipinski definition) is 4. The summed E-state index contributed by atoms with van der Waals surface area (Å²) in [6.45, 7) is 1.63. The second kappa shape index (κ2) is 8.05. The third-order valence-electron chi connectivity index (χ3n) is 3.30. The Morgan fingerprint density at radius 2 is 2.06 bits per heavy atom. The minimum Gasteiger partial charge on any atom is -0.396 e. The smallest absolute Gasteiger partial charge is 0.321 e. The van der Waals surface area contributed by atoms with Gasteiger partial charge in [-0.3, -0.25) is 15.0 Å². The summed E-state index contributed by atoms with van der Waals surface area (Å²) in [6.07, 6.45) is 4.62. The van der Waals surface area contributed by atoms with Crippen molar-refractivity contribution in [3.63, 3.8) is 0 Å². The van der Waals surface area contributed by atoms with Crippen molar-refractivity contribution < 1.29 is 14.7 Å². The van der Waals surface area contributed by atoms with Crippen molar-refractivity contribution in [1.29, 1.82) is 0 Å². The zero-order valence-electron chi connectivity index (χ0n) is 10.9. The molecular weight excluding hydrogens is 234 g/mol. The minimum absolute atomic E-state index is 0.174. The second-order valence-electron chi connectivity index (χ2n) is 4.58. The van der Waals surface area contributed by atoms with Gasteiger partial charge < -0.3 is 10.4 Å². The van der Waals surface area contributed by atoms with Gasteiger partial charge in [0, 0.05) is 39.2 Å². The molecule has 0 aromatic heterocycles. The van der Waals surface area contributed by atoms with Crippen LogP contribution in [0.3, 0.4) is 0 Å². The van der Waals surface area contributed by atoms with E-state index in [1.54, 1.807) is 0 Å². The molecule has 18 heavy (non-hydrogen) atoms. The predicted molar refractivity (Wildman–Crippen MR) is 68.1 cm³/mol. The number of urea groups is 1. The van der Waals surface area contributed by atoms with Gasteiger partial charge in [0.15, 0.2) is 0 Å². The number of hydrogen-bond donors (Lipinski definition) is 3. The third-order valence-corrected chi connectivity index (χ3v) is 3.30. The molecule has 0 aromatic carbocycles. The first-order valence-corrected chi connectivity index (χ1v) is 6.54. The van der Waals surface area contributed by atoms with Crippen LogP contribution in [0.15, 0.2) is 0 Å². The summed E-state index contributed by atoms with van der Waals surface area (Å²) in [7, 11) is 1.48. The molecule has 1 aliphatic rings. The van der Waals surface area contributed by atoms with Crippen LogP contribution in [0.4, 0.5) is 4.79 Å². The third kappa shape index (κ3) is 5.01. The molecule has 6 nitrogen and oxygen atoms in total. The summed E-state index contributed by atoms with van der Waals surface area (Å²) in [4.78, 5) is 24.7. The second-order valence-corrected chi connectivity index (χ2v) is 4.58. The molecule has 0 aromatic rings. The van der Waals surface area contributed by atoms with Gasteiger partial charge in [-0.1, -0.05) is 6.42 Å². The van der Waals surface area contributed by atoms with E-state index in [0.29, 0.717) is 19.0 Å². The van der Waals surface area contributed by atoms with E-state index in [4.69, 9.17) is 5.11 Å². The van der Waals surface area contributed by atoms with E-state index < -0.39 is 6.03 Å². The van der Waals surface area contributed by atoms with Crippen LogP contribution in [0.1, 0.15) is 32.1 Å². The zero-order chi connectivity index (χ0) is 13.4. The van der Waals surface area contributed by atoms with E-state index in [-0.39, 0.29) is 12.5 Å². The Morgan fingerprint density at radius 3 is 2.56 bits per heavy atom. The maximum Gasteiger partial charge on any atom is 0.321 e. The Hall–Kier alpha value is -1.14. The summed E-state index contributed by atoms with van der Waals surface area (Å²) in [5.41, 5.74) is 0. The van der Waals surface area contributed by atoms with Crippen LogP contribution in [-0.4, -0.2) is 54.7 Å². The van der Waals surface area contributed by atoms with Crippen LogP contribution in [0.2, 0.25) is 0 Å². The van der Waals surface area contributed by atoms with E-state index in [1.807, 2.05) is 0 Å². The summed E-state index contributed by atoms with van der Waals surface area (Å²) >= 11 is 0. The highest BCUT2D eigenvalue weighted by atomic mass is 16.3. The lowest BCUT2D eigenvalue weighted by Crippen LogP contribution is -2.44. The van der Waals surface area contributed by atoms with Crippen molar-refractivity contribution in [2.24, 2.45) is 0 Å². The molecule has 3 N–H and O–H groups in total. The minimum atomic E-state index is -0.467. The van der Waals surface area contributed by atoms with E-state index in [2.05, 4.69) is 15.5 Å². The van der Waals surface area contributed by atoms with Gasteiger partial charge in [0.25, 0.3) is 0 Å². The average Bonchev–Trinajstić information content (AvgIpc) is 2.29. The SMILES string of the molecule is CNC(=O)NC(=O)CCN(CCCO)C1CCC1. The summed E-state index contributed by atoms with van der Waals surface area (Å²) in [5, 5.41) is 13.5. The Balaban J connectivity index is 2.27. The number of rotatable bonds is 7. The fourth-order valence-corrected chi connectivity index (χ4v) is 2.00. The van der Waals surface area contributed by atoms with Gasteiger partial charge in [0.05, 0.1) is 0 Å². The normalized spacial score (nSPS) is 15.3. The molecule has 1 aliphatic carbocycles. The van der Waals surface area contributed by atoms with Crippen LogP contribution < -0.4 is 10.6 Å². The highest BCUT2D eigenvalue weighted by Gasteiger charge is 2.24. The first-order valence-electron chi connectivity index (χ1n) is 6.54. The van der Waals surface area contributed by atoms with E-state index in [0.717, 1.165) is 13.0 Å².